The molecule has 0 amide bonds. The molecule has 0 saturated heterocycles. The normalized spacial score (nSPS) is 10.4. The van der Waals surface area contributed by atoms with Gasteiger partial charge in [0, 0.05) is 11.1 Å². The average Bonchev–Trinajstić information content (AvgIpc) is 2.85. The second-order valence-corrected chi connectivity index (χ2v) is 7.18. The first-order chi connectivity index (χ1) is 16.4. The van der Waals surface area contributed by atoms with Crippen LogP contribution >= 0.6 is 0 Å². The predicted octanol–water partition coefficient (Wildman–Crippen LogP) is 5.90. The van der Waals surface area contributed by atoms with E-state index in [-0.39, 0.29) is 28.4 Å². The number of aromatic carboxylic acids is 2. The van der Waals surface area contributed by atoms with E-state index in [0.29, 0.717) is 22.6 Å². The SMILES string of the molecule is O=C(c1ccc(Oc2ccccc2C(=O)O)cc1)c1ccc(Oc2ccccc2C(=O)O)cc1. The van der Waals surface area contributed by atoms with E-state index in [4.69, 9.17) is 9.47 Å². The summed E-state index contributed by atoms with van der Waals surface area (Å²) < 4.78 is 11.3. The van der Waals surface area contributed by atoms with Crippen LogP contribution in [0.5, 0.6) is 23.0 Å². The van der Waals surface area contributed by atoms with E-state index in [2.05, 4.69) is 0 Å². The summed E-state index contributed by atoms with van der Waals surface area (Å²) in [7, 11) is 0. The van der Waals surface area contributed by atoms with E-state index in [0.717, 1.165) is 0 Å². The van der Waals surface area contributed by atoms with Crippen molar-refractivity contribution in [1.82, 2.24) is 0 Å². The average molecular weight is 454 g/mol. The Morgan fingerprint density at radius 2 is 0.853 bits per heavy atom. The van der Waals surface area contributed by atoms with Crippen molar-refractivity contribution in [3.05, 3.63) is 119 Å². The van der Waals surface area contributed by atoms with Crippen molar-refractivity contribution in [2.75, 3.05) is 0 Å². The lowest BCUT2D eigenvalue weighted by Crippen LogP contribution is -2.02. The summed E-state index contributed by atoms with van der Waals surface area (Å²) in [5.41, 5.74) is 0.916. The Morgan fingerprint density at radius 1 is 0.500 bits per heavy atom. The first-order valence-corrected chi connectivity index (χ1v) is 10.2. The van der Waals surface area contributed by atoms with Gasteiger partial charge in [-0.2, -0.15) is 0 Å². The molecular weight excluding hydrogens is 436 g/mol. The number of ether oxygens (including phenoxy) is 2. The maximum Gasteiger partial charge on any atom is 0.339 e. The zero-order valence-electron chi connectivity index (χ0n) is 17.7. The van der Waals surface area contributed by atoms with Crippen molar-refractivity contribution >= 4 is 17.7 Å². The first kappa shape index (κ1) is 22.3. The van der Waals surface area contributed by atoms with Gasteiger partial charge in [0.1, 0.15) is 34.1 Å². The van der Waals surface area contributed by atoms with Crippen molar-refractivity contribution in [1.29, 1.82) is 0 Å². The maximum absolute atomic E-state index is 12.8. The molecule has 0 spiro atoms. The van der Waals surface area contributed by atoms with Gasteiger partial charge in [0.2, 0.25) is 0 Å². The number of rotatable bonds is 8. The maximum atomic E-state index is 12.8. The lowest BCUT2D eigenvalue weighted by atomic mass is 10.0. The summed E-state index contributed by atoms with van der Waals surface area (Å²) in [6, 6.07) is 25.3. The highest BCUT2D eigenvalue weighted by molar-refractivity contribution is 6.09. The molecule has 0 aromatic heterocycles. The van der Waals surface area contributed by atoms with Crippen LogP contribution < -0.4 is 9.47 Å². The topological polar surface area (TPSA) is 110 Å². The summed E-state index contributed by atoms with van der Waals surface area (Å²) in [4.78, 5) is 35.5. The van der Waals surface area contributed by atoms with Crippen LogP contribution in [0, 0.1) is 0 Å². The number of benzene rings is 4. The lowest BCUT2D eigenvalue weighted by Gasteiger charge is -2.10. The molecule has 0 fully saturated rings. The first-order valence-electron chi connectivity index (χ1n) is 10.2. The van der Waals surface area contributed by atoms with Gasteiger partial charge in [0.05, 0.1) is 0 Å². The third-order valence-electron chi connectivity index (χ3n) is 4.92. The van der Waals surface area contributed by atoms with Crippen LogP contribution in [-0.4, -0.2) is 27.9 Å². The second-order valence-electron chi connectivity index (χ2n) is 7.18. The van der Waals surface area contributed by atoms with E-state index < -0.39 is 11.9 Å². The second kappa shape index (κ2) is 9.70. The van der Waals surface area contributed by atoms with Crippen molar-refractivity contribution in [2.24, 2.45) is 0 Å². The van der Waals surface area contributed by atoms with Gasteiger partial charge in [-0.25, -0.2) is 9.59 Å². The number of hydrogen-bond acceptors (Lipinski definition) is 5. The van der Waals surface area contributed by atoms with Crippen LogP contribution in [0.4, 0.5) is 0 Å². The standard InChI is InChI=1S/C27H18O7/c28-25(17-9-13-19(14-10-17)33-23-7-3-1-5-21(23)26(29)30)18-11-15-20(16-12-18)34-24-8-4-2-6-22(24)27(31)32/h1-16H,(H,29,30)(H,31,32). The molecule has 4 rings (SSSR count). The van der Waals surface area contributed by atoms with Crippen molar-refractivity contribution in [2.45, 2.75) is 0 Å². The molecule has 0 aliphatic carbocycles. The van der Waals surface area contributed by atoms with Gasteiger partial charge < -0.3 is 19.7 Å². The van der Waals surface area contributed by atoms with E-state index in [9.17, 15) is 24.6 Å². The molecule has 0 atom stereocenters. The van der Waals surface area contributed by atoms with Gasteiger partial charge in [-0.1, -0.05) is 24.3 Å². The molecule has 0 aliphatic rings. The molecule has 0 radical (unpaired) electrons. The van der Waals surface area contributed by atoms with Crippen LogP contribution in [0.25, 0.3) is 0 Å². The number of hydrogen-bond donors (Lipinski definition) is 2. The number of carbonyl (C=O) groups is 3. The Labute approximate surface area is 194 Å². The minimum atomic E-state index is -1.10. The van der Waals surface area contributed by atoms with E-state index in [1.807, 2.05) is 0 Å². The summed E-state index contributed by atoms with van der Waals surface area (Å²) in [5.74, 6) is -1.22. The van der Waals surface area contributed by atoms with Crippen LogP contribution in [-0.2, 0) is 0 Å². The highest BCUT2D eigenvalue weighted by Gasteiger charge is 2.14. The smallest absolute Gasteiger partial charge is 0.339 e. The third-order valence-corrected chi connectivity index (χ3v) is 4.92. The summed E-state index contributed by atoms with van der Waals surface area (Å²) in [6.07, 6.45) is 0. The molecule has 7 heteroatoms. The van der Waals surface area contributed by atoms with E-state index >= 15 is 0 Å². The fourth-order valence-electron chi connectivity index (χ4n) is 3.23. The van der Waals surface area contributed by atoms with Crippen LogP contribution in [0.2, 0.25) is 0 Å². The third kappa shape index (κ3) is 4.94. The number of carboxylic acid groups (broad SMARTS) is 2. The molecule has 0 unspecified atom stereocenters. The van der Waals surface area contributed by atoms with Crippen LogP contribution in [0.15, 0.2) is 97.1 Å². The van der Waals surface area contributed by atoms with Crippen molar-refractivity contribution < 1.29 is 34.1 Å². The Morgan fingerprint density at radius 3 is 1.21 bits per heavy atom. The van der Waals surface area contributed by atoms with Crippen molar-refractivity contribution in [3.63, 3.8) is 0 Å². The summed E-state index contributed by atoms with van der Waals surface area (Å²) in [5, 5.41) is 18.5. The van der Waals surface area contributed by atoms with E-state index in [1.165, 1.54) is 12.1 Å². The minimum absolute atomic E-state index is 0.0379. The van der Waals surface area contributed by atoms with Crippen LogP contribution in [0.1, 0.15) is 36.6 Å². The lowest BCUT2D eigenvalue weighted by molar-refractivity contribution is 0.0683. The van der Waals surface area contributed by atoms with Gasteiger partial charge in [0.25, 0.3) is 0 Å². The number of para-hydroxylation sites is 2. The molecule has 0 saturated carbocycles. The fraction of sp³-hybridized carbons (Fsp3) is 0. The Hall–Kier alpha value is -4.91. The largest absolute Gasteiger partial charge is 0.478 e. The molecular formula is C27H18O7. The predicted molar refractivity (Wildman–Crippen MR) is 123 cm³/mol. The van der Waals surface area contributed by atoms with E-state index in [1.54, 1.807) is 84.9 Å². The minimum Gasteiger partial charge on any atom is -0.478 e. The van der Waals surface area contributed by atoms with Gasteiger partial charge in [0.15, 0.2) is 5.78 Å². The molecule has 34 heavy (non-hydrogen) atoms. The Kier molecular flexibility index (Phi) is 6.36. The van der Waals surface area contributed by atoms with Crippen molar-refractivity contribution in [3.8, 4) is 23.0 Å². The zero-order chi connectivity index (χ0) is 24.1. The summed E-state index contributed by atoms with van der Waals surface area (Å²) >= 11 is 0. The number of carboxylic acids is 2. The highest BCUT2D eigenvalue weighted by Crippen LogP contribution is 2.28. The molecule has 0 bridgehead atoms. The van der Waals surface area contributed by atoms with Gasteiger partial charge in [-0.05, 0) is 72.8 Å². The highest BCUT2D eigenvalue weighted by atomic mass is 16.5. The van der Waals surface area contributed by atoms with Crippen LogP contribution in [0.3, 0.4) is 0 Å². The zero-order valence-corrected chi connectivity index (χ0v) is 17.7. The monoisotopic (exact) mass is 454 g/mol. The van der Waals surface area contributed by atoms with Gasteiger partial charge in [-0.15, -0.1) is 0 Å². The Balaban J connectivity index is 1.46. The number of ketones is 1. The quantitative estimate of drug-likeness (QED) is 0.319. The van der Waals surface area contributed by atoms with Gasteiger partial charge in [-0.3, -0.25) is 4.79 Å². The van der Waals surface area contributed by atoms with Gasteiger partial charge >= 0.3 is 11.9 Å². The molecule has 4 aromatic rings. The molecule has 168 valence electrons. The molecule has 7 nitrogen and oxygen atoms in total. The molecule has 2 N–H and O–H groups in total. The fourth-order valence-corrected chi connectivity index (χ4v) is 3.23. The Bertz CT molecular complexity index is 1250. The summed E-state index contributed by atoms with van der Waals surface area (Å²) in [6.45, 7) is 0. The molecule has 0 heterocycles. The molecule has 0 aliphatic heterocycles. The number of carbonyl (C=O) groups excluding carboxylic acids is 1. The molecule has 4 aromatic carbocycles.